The third-order valence-corrected chi connectivity index (χ3v) is 5.63. The summed E-state index contributed by atoms with van der Waals surface area (Å²) in [7, 11) is 0. The van der Waals surface area contributed by atoms with Gasteiger partial charge in [0.05, 0.1) is 17.3 Å². The van der Waals surface area contributed by atoms with Crippen molar-refractivity contribution in [2.45, 2.75) is 58.9 Å². The minimum Gasteiger partial charge on any atom is -0.445 e. The van der Waals surface area contributed by atoms with E-state index < -0.39 is 0 Å². The van der Waals surface area contributed by atoms with Gasteiger partial charge in [-0.2, -0.15) is 4.98 Å². The SMILES string of the molecule is CCCCc1cc2cn(Cc3ccccc3)c(=O)nc2o1.CCCCc1cc2cnc(=O)[nH]c2o1. The Morgan fingerprint density at radius 3 is 2.31 bits per heavy atom. The molecule has 4 aromatic heterocycles. The second-order valence-electron chi connectivity index (χ2n) is 8.50. The minimum absolute atomic E-state index is 0.275. The predicted molar refractivity (Wildman–Crippen MR) is 136 cm³/mol. The minimum atomic E-state index is -0.367. The average Bonchev–Trinajstić information content (AvgIpc) is 3.45. The van der Waals surface area contributed by atoms with E-state index in [-0.39, 0.29) is 11.4 Å². The molecule has 0 unspecified atom stereocenters. The van der Waals surface area contributed by atoms with Gasteiger partial charge in [-0.25, -0.2) is 14.6 Å². The number of nitrogens with zero attached hydrogens (tertiary/aromatic N) is 3. The Balaban J connectivity index is 0.000000179. The van der Waals surface area contributed by atoms with Crippen LogP contribution in [0.5, 0.6) is 0 Å². The highest BCUT2D eigenvalue weighted by Gasteiger charge is 2.08. The molecule has 0 aliphatic rings. The van der Waals surface area contributed by atoms with Crippen LogP contribution >= 0.6 is 0 Å². The van der Waals surface area contributed by atoms with Crippen molar-refractivity contribution in [1.82, 2.24) is 19.5 Å². The maximum atomic E-state index is 12.1. The lowest BCUT2D eigenvalue weighted by molar-refractivity contribution is 0.525. The first kappa shape index (κ1) is 24.2. The maximum Gasteiger partial charge on any atom is 0.351 e. The van der Waals surface area contributed by atoms with Crippen molar-refractivity contribution in [1.29, 1.82) is 0 Å². The normalized spacial score (nSPS) is 11.0. The Labute approximate surface area is 202 Å². The predicted octanol–water partition coefficient (Wildman–Crippen LogP) is 5.24. The average molecular weight is 475 g/mol. The molecule has 0 saturated heterocycles. The first-order chi connectivity index (χ1) is 17.1. The van der Waals surface area contributed by atoms with Crippen molar-refractivity contribution in [3.05, 3.63) is 92.9 Å². The van der Waals surface area contributed by atoms with Gasteiger partial charge in [0.1, 0.15) is 11.5 Å². The Hall–Kier alpha value is -3.94. The lowest BCUT2D eigenvalue weighted by Crippen LogP contribution is -2.22. The Morgan fingerprint density at radius 1 is 0.914 bits per heavy atom. The lowest BCUT2D eigenvalue weighted by atomic mass is 10.2. The van der Waals surface area contributed by atoms with Gasteiger partial charge >= 0.3 is 11.4 Å². The number of H-pyrrole nitrogens is 1. The molecule has 0 aliphatic heterocycles. The van der Waals surface area contributed by atoms with Crippen LogP contribution in [0.4, 0.5) is 0 Å². The van der Waals surface area contributed by atoms with E-state index in [1.807, 2.05) is 48.7 Å². The van der Waals surface area contributed by atoms with Crippen molar-refractivity contribution < 1.29 is 8.83 Å². The monoisotopic (exact) mass is 474 g/mol. The van der Waals surface area contributed by atoms with Gasteiger partial charge in [-0.15, -0.1) is 0 Å². The summed E-state index contributed by atoms with van der Waals surface area (Å²) in [6.07, 6.45) is 9.58. The number of unbranched alkanes of at least 4 members (excludes halogenated alkanes) is 2. The second kappa shape index (κ2) is 11.5. The van der Waals surface area contributed by atoms with Gasteiger partial charge in [-0.05, 0) is 30.5 Å². The van der Waals surface area contributed by atoms with E-state index in [0.717, 1.165) is 66.4 Å². The molecule has 0 fully saturated rings. The van der Waals surface area contributed by atoms with Crippen molar-refractivity contribution in [3.8, 4) is 0 Å². The second-order valence-corrected chi connectivity index (χ2v) is 8.50. The molecule has 35 heavy (non-hydrogen) atoms. The number of aromatic amines is 1. The standard InChI is InChI=1S/C17H18N2O2.C10H12N2O2/c1-2-3-9-15-10-14-12-19(17(20)18-16(14)21-15)11-13-7-5-4-6-8-13;1-2-3-4-8-5-7-6-11-10(13)12-9(7)14-8/h4-8,10,12H,2-3,9,11H2,1H3;5-6H,2-4H2,1H3,(H,11,12,13). The number of hydrogen-bond acceptors (Lipinski definition) is 6. The van der Waals surface area contributed by atoms with Gasteiger partial charge in [0.2, 0.25) is 11.4 Å². The Kier molecular flexibility index (Phi) is 7.92. The number of nitrogens with one attached hydrogen (secondary N) is 1. The molecule has 0 spiro atoms. The van der Waals surface area contributed by atoms with Crippen LogP contribution in [0.1, 0.15) is 56.6 Å². The third-order valence-electron chi connectivity index (χ3n) is 5.63. The fraction of sp³-hybridized carbons (Fsp3) is 0.333. The van der Waals surface area contributed by atoms with Gasteiger partial charge in [-0.3, -0.25) is 9.55 Å². The van der Waals surface area contributed by atoms with E-state index in [2.05, 4.69) is 28.8 Å². The summed E-state index contributed by atoms with van der Waals surface area (Å²) < 4.78 is 12.7. The van der Waals surface area contributed by atoms with Crippen LogP contribution in [0.15, 0.2) is 73.3 Å². The fourth-order valence-corrected chi connectivity index (χ4v) is 3.75. The summed E-state index contributed by atoms with van der Waals surface area (Å²) in [6.45, 7) is 4.80. The Bertz CT molecular complexity index is 1490. The molecule has 182 valence electrons. The van der Waals surface area contributed by atoms with Gasteiger partial charge in [0.25, 0.3) is 0 Å². The molecular weight excluding hydrogens is 444 g/mol. The molecule has 5 rings (SSSR count). The van der Waals surface area contributed by atoms with E-state index >= 15 is 0 Å². The zero-order chi connectivity index (χ0) is 24.6. The molecule has 0 atom stereocenters. The molecule has 0 saturated carbocycles. The van der Waals surface area contributed by atoms with E-state index in [4.69, 9.17) is 8.83 Å². The molecular formula is C27H30N4O4. The molecule has 0 bridgehead atoms. The van der Waals surface area contributed by atoms with Gasteiger partial charge in [-0.1, -0.05) is 57.0 Å². The molecule has 5 aromatic rings. The van der Waals surface area contributed by atoms with Crippen molar-refractivity contribution in [3.63, 3.8) is 0 Å². The van der Waals surface area contributed by atoms with Crippen LogP contribution in [0.25, 0.3) is 22.2 Å². The number of fused-ring (bicyclic) bond motifs is 2. The van der Waals surface area contributed by atoms with E-state index in [1.165, 1.54) is 6.20 Å². The van der Waals surface area contributed by atoms with E-state index in [1.54, 1.807) is 4.57 Å². The highest BCUT2D eigenvalue weighted by Crippen LogP contribution is 2.18. The number of furan rings is 2. The summed E-state index contributed by atoms with van der Waals surface area (Å²) in [6, 6.07) is 13.8. The fourth-order valence-electron chi connectivity index (χ4n) is 3.75. The molecule has 1 aromatic carbocycles. The molecule has 4 heterocycles. The van der Waals surface area contributed by atoms with Crippen molar-refractivity contribution in [2.75, 3.05) is 0 Å². The summed E-state index contributed by atoms with van der Waals surface area (Å²) >= 11 is 0. The van der Waals surface area contributed by atoms with Crippen LogP contribution in [0.3, 0.4) is 0 Å². The number of aromatic nitrogens is 4. The smallest absolute Gasteiger partial charge is 0.351 e. The zero-order valence-corrected chi connectivity index (χ0v) is 20.1. The van der Waals surface area contributed by atoms with Crippen molar-refractivity contribution >= 4 is 22.2 Å². The van der Waals surface area contributed by atoms with Crippen LogP contribution in [0.2, 0.25) is 0 Å². The number of aryl methyl sites for hydroxylation is 2. The third kappa shape index (κ3) is 6.35. The topological polar surface area (TPSA) is 107 Å². The largest absolute Gasteiger partial charge is 0.445 e. The molecule has 0 radical (unpaired) electrons. The first-order valence-electron chi connectivity index (χ1n) is 12.1. The van der Waals surface area contributed by atoms with Crippen molar-refractivity contribution in [2.24, 2.45) is 0 Å². The first-order valence-corrected chi connectivity index (χ1v) is 12.1. The summed E-state index contributed by atoms with van der Waals surface area (Å²) in [5.41, 5.74) is 1.40. The molecule has 1 N–H and O–H groups in total. The van der Waals surface area contributed by atoms with Crippen LogP contribution in [0, 0.1) is 0 Å². The molecule has 8 nitrogen and oxygen atoms in total. The van der Waals surface area contributed by atoms with Gasteiger partial charge in [0, 0.05) is 25.2 Å². The van der Waals surface area contributed by atoms with E-state index in [0.29, 0.717) is 18.0 Å². The van der Waals surface area contributed by atoms with Gasteiger partial charge in [0.15, 0.2) is 0 Å². The van der Waals surface area contributed by atoms with Gasteiger partial charge < -0.3 is 8.83 Å². The number of benzene rings is 1. The highest BCUT2D eigenvalue weighted by molar-refractivity contribution is 5.73. The number of rotatable bonds is 8. The highest BCUT2D eigenvalue weighted by atomic mass is 16.3. The quantitative estimate of drug-likeness (QED) is 0.330. The van der Waals surface area contributed by atoms with Crippen LogP contribution in [-0.2, 0) is 19.4 Å². The molecule has 8 heteroatoms. The summed E-state index contributed by atoms with van der Waals surface area (Å²) in [5, 5.41) is 1.74. The van der Waals surface area contributed by atoms with Crippen LogP contribution < -0.4 is 11.4 Å². The van der Waals surface area contributed by atoms with E-state index in [9.17, 15) is 9.59 Å². The number of hydrogen-bond donors (Lipinski definition) is 1. The molecule has 0 amide bonds. The van der Waals surface area contributed by atoms with Crippen LogP contribution in [-0.4, -0.2) is 19.5 Å². The summed E-state index contributed by atoms with van der Waals surface area (Å²) in [5.74, 6) is 1.81. The summed E-state index contributed by atoms with van der Waals surface area (Å²) in [4.78, 5) is 33.2. The lowest BCUT2D eigenvalue weighted by Gasteiger charge is -2.04. The maximum absolute atomic E-state index is 12.1. The molecule has 0 aliphatic carbocycles. The Morgan fingerprint density at radius 2 is 1.60 bits per heavy atom. The zero-order valence-electron chi connectivity index (χ0n) is 20.1.